The minimum Gasteiger partial charge on any atom is -0.0616 e. The molecule has 0 heteroatoms. The molecule has 1 fully saturated rings. The fraction of sp³-hybridized carbons (Fsp3) is 0.429. The largest absolute Gasteiger partial charge is 0.0616 e. The van der Waals surface area contributed by atoms with Crippen molar-refractivity contribution < 1.29 is 0 Å². The molecule has 0 radical (unpaired) electrons. The van der Waals surface area contributed by atoms with E-state index in [1.165, 1.54) is 52.3 Å². The molecule has 0 bridgehead atoms. The van der Waals surface area contributed by atoms with Crippen LogP contribution in [0.4, 0.5) is 0 Å². The Labute approximate surface area is 170 Å². The Morgan fingerprint density at radius 1 is 0.679 bits per heavy atom. The highest BCUT2D eigenvalue weighted by Crippen LogP contribution is 2.64. The zero-order chi connectivity index (χ0) is 19.9. The first kappa shape index (κ1) is 18.0. The lowest BCUT2D eigenvalue weighted by molar-refractivity contribution is 0.0646. The molecule has 144 valence electrons. The van der Waals surface area contributed by atoms with Gasteiger partial charge in [-0.2, -0.15) is 0 Å². The molecule has 0 aromatic heterocycles. The molecule has 0 unspecified atom stereocenters. The average Bonchev–Trinajstić information content (AvgIpc) is 2.82. The summed E-state index contributed by atoms with van der Waals surface area (Å²) >= 11 is 0. The van der Waals surface area contributed by atoms with Gasteiger partial charge in [0.1, 0.15) is 0 Å². The highest BCUT2D eigenvalue weighted by Gasteiger charge is 2.53. The highest BCUT2D eigenvalue weighted by atomic mass is 14.6. The minimum atomic E-state index is 0.136. The second-order valence-electron chi connectivity index (χ2n) is 11.2. The van der Waals surface area contributed by atoms with E-state index in [0.29, 0.717) is 10.8 Å². The van der Waals surface area contributed by atoms with Crippen molar-refractivity contribution in [1.29, 1.82) is 0 Å². The van der Waals surface area contributed by atoms with Gasteiger partial charge in [0, 0.05) is 5.41 Å². The Morgan fingerprint density at radius 2 is 1.32 bits per heavy atom. The lowest BCUT2D eigenvalue weighted by atomic mass is 9.52. The summed E-state index contributed by atoms with van der Waals surface area (Å²) < 4.78 is 0. The Morgan fingerprint density at radius 3 is 2.00 bits per heavy atom. The highest BCUT2D eigenvalue weighted by molar-refractivity contribution is 6.04. The molecule has 28 heavy (non-hydrogen) atoms. The summed E-state index contributed by atoms with van der Waals surface area (Å²) in [6.07, 6.45) is 3.78. The van der Waals surface area contributed by atoms with Crippen LogP contribution < -0.4 is 0 Å². The van der Waals surface area contributed by atoms with Crippen molar-refractivity contribution in [1.82, 2.24) is 0 Å². The van der Waals surface area contributed by atoms with Gasteiger partial charge in [-0.15, -0.1) is 0 Å². The number of rotatable bonds is 0. The first-order valence-corrected chi connectivity index (χ1v) is 10.8. The number of aryl methyl sites for hydroxylation is 2. The molecule has 0 heterocycles. The number of fused-ring (bicyclic) bond motifs is 7. The van der Waals surface area contributed by atoms with E-state index >= 15 is 0 Å². The van der Waals surface area contributed by atoms with E-state index in [2.05, 4.69) is 90.1 Å². The van der Waals surface area contributed by atoms with Crippen molar-refractivity contribution >= 4 is 10.8 Å². The van der Waals surface area contributed by atoms with Crippen molar-refractivity contribution in [3.8, 4) is 11.1 Å². The SMILES string of the molecule is Cc1ccc2c(c1)C1(CC(C)(C)CC(C)(C)C1)c1cc(C)c3ccccc3c1-2. The molecule has 0 atom stereocenters. The van der Waals surface area contributed by atoms with Gasteiger partial charge in [0.25, 0.3) is 0 Å². The van der Waals surface area contributed by atoms with Crippen LogP contribution in [0.2, 0.25) is 0 Å². The molecule has 0 saturated heterocycles. The summed E-state index contributed by atoms with van der Waals surface area (Å²) in [5.41, 5.74) is 9.76. The molecule has 2 aliphatic rings. The van der Waals surface area contributed by atoms with Crippen molar-refractivity contribution in [2.24, 2.45) is 10.8 Å². The molecule has 1 spiro atoms. The Kier molecular flexibility index (Phi) is 3.53. The van der Waals surface area contributed by atoms with Crippen LogP contribution in [-0.4, -0.2) is 0 Å². The van der Waals surface area contributed by atoms with Crippen LogP contribution in [0.25, 0.3) is 21.9 Å². The molecule has 0 N–H and O–H groups in total. The van der Waals surface area contributed by atoms with Gasteiger partial charge in [0.05, 0.1) is 0 Å². The van der Waals surface area contributed by atoms with Crippen LogP contribution in [0.3, 0.4) is 0 Å². The number of benzene rings is 3. The standard InChI is InChI=1S/C28H32/c1-18-11-12-22-23(13-18)28(16-26(3,4)15-27(5,6)17-28)24-14-19(2)20-9-7-8-10-21(20)25(22)24/h7-14H,15-17H2,1-6H3. The van der Waals surface area contributed by atoms with Crippen molar-refractivity contribution in [3.05, 3.63) is 70.8 Å². The summed E-state index contributed by atoms with van der Waals surface area (Å²) in [6, 6.07) is 18.7. The van der Waals surface area contributed by atoms with Crippen LogP contribution in [0, 0.1) is 24.7 Å². The van der Waals surface area contributed by atoms with Crippen molar-refractivity contribution in [2.75, 3.05) is 0 Å². The summed E-state index contributed by atoms with van der Waals surface area (Å²) in [4.78, 5) is 0. The number of hydrogen-bond acceptors (Lipinski definition) is 0. The fourth-order valence-electron chi connectivity index (χ4n) is 7.14. The predicted molar refractivity (Wildman–Crippen MR) is 121 cm³/mol. The van der Waals surface area contributed by atoms with E-state index in [1.54, 1.807) is 11.1 Å². The van der Waals surface area contributed by atoms with Gasteiger partial charge in [0.15, 0.2) is 0 Å². The second-order valence-corrected chi connectivity index (χ2v) is 11.2. The Bertz CT molecular complexity index is 1090. The summed E-state index contributed by atoms with van der Waals surface area (Å²) in [5, 5.41) is 2.83. The van der Waals surface area contributed by atoms with E-state index in [0.717, 1.165) is 0 Å². The minimum absolute atomic E-state index is 0.136. The van der Waals surface area contributed by atoms with Crippen LogP contribution in [-0.2, 0) is 5.41 Å². The first-order chi connectivity index (χ1) is 13.1. The van der Waals surface area contributed by atoms with Crippen LogP contribution in [0.1, 0.15) is 69.2 Å². The maximum Gasteiger partial charge on any atom is 0.0225 e. The van der Waals surface area contributed by atoms with Crippen molar-refractivity contribution in [3.63, 3.8) is 0 Å². The average molecular weight is 369 g/mol. The Hall–Kier alpha value is -2.08. The lowest BCUT2D eigenvalue weighted by Gasteiger charge is -2.52. The molecule has 3 aromatic carbocycles. The van der Waals surface area contributed by atoms with Crippen LogP contribution in [0.15, 0.2) is 48.5 Å². The predicted octanol–water partition coefficient (Wildman–Crippen LogP) is 7.96. The van der Waals surface area contributed by atoms with Crippen LogP contribution in [0.5, 0.6) is 0 Å². The van der Waals surface area contributed by atoms with E-state index < -0.39 is 0 Å². The maximum absolute atomic E-state index is 2.53. The monoisotopic (exact) mass is 368 g/mol. The third-order valence-electron chi connectivity index (χ3n) is 7.24. The topological polar surface area (TPSA) is 0 Å². The molecular formula is C28H32. The normalized spacial score (nSPS) is 20.9. The van der Waals surface area contributed by atoms with E-state index in [-0.39, 0.29) is 5.41 Å². The zero-order valence-corrected chi connectivity index (χ0v) is 18.2. The van der Waals surface area contributed by atoms with Gasteiger partial charge in [0.2, 0.25) is 0 Å². The zero-order valence-electron chi connectivity index (χ0n) is 18.2. The fourth-order valence-corrected chi connectivity index (χ4v) is 7.14. The van der Waals surface area contributed by atoms with E-state index in [9.17, 15) is 0 Å². The molecule has 2 aliphatic carbocycles. The quantitative estimate of drug-likeness (QED) is 0.377. The smallest absolute Gasteiger partial charge is 0.0225 e. The van der Waals surface area contributed by atoms with Crippen molar-refractivity contribution in [2.45, 2.75) is 66.2 Å². The van der Waals surface area contributed by atoms with Gasteiger partial charge in [-0.25, -0.2) is 0 Å². The Balaban J connectivity index is 1.93. The summed E-state index contributed by atoms with van der Waals surface area (Å²) in [5.74, 6) is 0. The molecule has 0 amide bonds. The third-order valence-corrected chi connectivity index (χ3v) is 7.24. The first-order valence-electron chi connectivity index (χ1n) is 10.8. The van der Waals surface area contributed by atoms with Crippen LogP contribution >= 0.6 is 0 Å². The van der Waals surface area contributed by atoms with Gasteiger partial charge in [-0.3, -0.25) is 0 Å². The van der Waals surface area contributed by atoms with E-state index in [4.69, 9.17) is 0 Å². The van der Waals surface area contributed by atoms with Gasteiger partial charge >= 0.3 is 0 Å². The van der Waals surface area contributed by atoms with Gasteiger partial charge in [-0.05, 0) is 82.5 Å². The second kappa shape index (κ2) is 5.50. The molecule has 0 nitrogen and oxygen atoms in total. The molecule has 1 saturated carbocycles. The molecule has 3 aromatic rings. The molecule has 0 aliphatic heterocycles. The van der Waals surface area contributed by atoms with Gasteiger partial charge < -0.3 is 0 Å². The van der Waals surface area contributed by atoms with Gasteiger partial charge in [-0.1, -0.05) is 81.8 Å². The number of hydrogen-bond donors (Lipinski definition) is 0. The third kappa shape index (κ3) is 2.43. The molecule has 5 rings (SSSR count). The molecular weight excluding hydrogens is 336 g/mol. The maximum atomic E-state index is 2.53. The van der Waals surface area contributed by atoms with E-state index in [1.807, 2.05) is 0 Å². The lowest BCUT2D eigenvalue weighted by Crippen LogP contribution is -2.44. The summed E-state index contributed by atoms with van der Waals surface area (Å²) in [6.45, 7) is 14.5. The summed E-state index contributed by atoms with van der Waals surface area (Å²) in [7, 11) is 0.